The molecule has 2 aromatic carbocycles. The van der Waals surface area contributed by atoms with E-state index in [2.05, 4.69) is 9.71 Å². The van der Waals surface area contributed by atoms with Crippen LogP contribution in [0.4, 0.5) is 0 Å². The van der Waals surface area contributed by atoms with Gasteiger partial charge in [-0.15, -0.1) is 0 Å². The van der Waals surface area contributed by atoms with Crippen LogP contribution in [0.15, 0.2) is 57.8 Å². The summed E-state index contributed by atoms with van der Waals surface area (Å²) in [6.07, 6.45) is 1.57. The Morgan fingerprint density at radius 2 is 1.78 bits per heavy atom. The number of nitrogens with one attached hydrogen (secondary N) is 1. The van der Waals surface area contributed by atoms with Gasteiger partial charge >= 0.3 is 0 Å². The molecule has 6 heteroatoms. The second-order valence-electron chi connectivity index (χ2n) is 7.24. The van der Waals surface area contributed by atoms with E-state index < -0.39 is 16.4 Å². The van der Waals surface area contributed by atoms with Gasteiger partial charge in [-0.3, -0.25) is 4.79 Å². The van der Waals surface area contributed by atoms with Gasteiger partial charge in [0.1, 0.15) is 5.75 Å². The van der Waals surface area contributed by atoms with Gasteiger partial charge in [0.15, 0.2) is 11.0 Å². The summed E-state index contributed by atoms with van der Waals surface area (Å²) in [6, 6.07) is 14.4. The predicted octanol–water partition coefficient (Wildman–Crippen LogP) is 4.06. The number of ether oxygens (including phenoxy) is 1. The third-order valence-corrected chi connectivity index (χ3v) is 5.06. The van der Waals surface area contributed by atoms with Gasteiger partial charge in [-0.25, -0.2) is 4.21 Å². The first-order chi connectivity index (χ1) is 12.7. The molecular formula is C21H26N2O3S. The molecule has 0 radical (unpaired) electrons. The van der Waals surface area contributed by atoms with Gasteiger partial charge in [0.05, 0.1) is 18.0 Å². The number of benzene rings is 2. The first-order valence-corrected chi connectivity index (χ1v) is 9.83. The van der Waals surface area contributed by atoms with Crippen molar-refractivity contribution in [1.82, 2.24) is 5.32 Å². The second kappa shape index (κ2) is 8.95. The van der Waals surface area contributed by atoms with Crippen molar-refractivity contribution in [3.05, 3.63) is 59.7 Å². The summed E-state index contributed by atoms with van der Waals surface area (Å²) in [5.41, 5.74) is 1.13. The highest BCUT2D eigenvalue weighted by atomic mass is 32.2. The van der Waals surface area contributed by atoms with Crippen LogP contribution in [-0.4, -0.2) is 23.4 Å². The molecule has 144 valence electrons. The van der Waals surface area contributed by atoms with Gasteiger partial charge in [0.2, 0.25) is 5.91 Å². The molecule has 0 aliphatic carbocycles. The highest BCUT2D eigenvalue weighted by Gasteiger charge is 2.24. The zero-order valence-electron chi connectivity index (χ0n) is 16.4. The fraction of sp³-hybridized carbons (Fsp3) is 0.333. The van der Waals surface area contributed by atoms with Gasteiger partial charge in [0.25, 0.3) is 0 Å². The molecule has 2 rings (SSSR count). The van der Waals surface area contributed by atoms with Crippen molar-refractivity contribution in [1.29, 1.82) is 0 Å². The topological polar surface area (TPSA) is 67.8 Å². The highest BCUT2D eigenvalue weighted by molar-refractivity contribution is 7.84. The molecule has 0 saturated heterocycles. The van der Waals surface area contributed by atoms with Crippen LogP contribution in [-0.2, 0) is 15.8 Å². The number of hydrogen-bond donors (Lipinski definition) is 1. The molecule has 0 aromatic heterocycles. The molecule has 2 atom stereocenters. The lowest BCUT2D eigenvalue weighted by Gasteiger charge is -2.23. The van der Waals surface area contributed by atoms with Crippen molar-refractivity contribution in [2.45, 2.75) is 38.6 Å². The quantitative estimate of drug-likeness (QED) is 0.761. The number of carbonyl (C=O) groups excluding carboxylic acids is 1. The number of amides is 1. The minimum atomic E-state index is -1.57. The SMILES string of the molecule is COc1ccc(/C=N/[S@](=O)c2ccccc2[C@@H](C)NC(=O)C(C)(C)C)cc1. The molecule has 0 heterocycles. The molecule has 0 bridgehead atoms. The molecule has 1 amide bonds. The van der Waals surface area contributed by atoms with Crippen molar-refractivity contribution in [2.24, 2.45) is 9.81 Å². The average Bonchev–Trinajstić information content (AvgIpc) is 2.65. The molecule has 5 nitrogen and oxygen atoms in total. The van der Waals surface area contributed by atoms with Gasteiger partial charge in [-0.05, 0) is 48.4 Å². The third kappa shape index (κ3) is 5.76. The third-order valence-electron chi connectivity index (χ3n) is 4.02. The summed E-state index contributed by atoms with van der Waals surface area (Å²) < 4.78 is 22.0. The minimum Gasteiger partial charge on any atom is -0.497 e. The Morgan fingerprint density at radius 1 is 1.15 bits per heavy atom. The molecule has 0 fully saturated rings. The molecule has 0 aliphatic rings. The minimum absolute atomic E-state index is 0.0580. The monoisotopic (exact) mass is 386 g/mol. The van der Waals surface area contributed by atoms with Crippen molar-refractivity contribution in [3.63, 3.8) is 0 Å². The Morgan fingerprint density at radius 3 is 2.37 bits per heavy atom. The molecule has 0 spiro atoms. The predicted molar refractivity (Wildman–Crippen MR) is 109 cm³/mol. The van der Waals surface area contributed by atoms with E-state index in [1.54, 1.807) is 19.4 Å². The lowest BCUT2D eigenvalue weighted by atomic mass is 9.94. The molecule has 0 unspecified atom stereocenters. The summed E-state index contributed by atoms with van der Waals surface area (Å²) in [5.74, 6) is 0.694. The molecular weight excluding hydrogens is 360 g/mol. The first-order valence-electron chi connectivity index (χ1n) is 8.72. The smallest absolute Gasteiger partial charge is 0.225 e. The van der Waals surface area contributed by atoms with E-state index in [1.807, 2.05) is 70.2 Å². The van der Waals surface area contributed by atoms with E-state index >= 15 is 0 Å². The Labute approximate surface area is 163 Å². The standard InChI is InChI=1S/C21H26N2O3S/c1-15(23-20(24)21(2,3)4)18-8-6-7-9-19(18)27(25)22-14-16-10-12-17(26-5)13-11-16/h6-15H,1-5H3,(H,23,24)/b22-14+/t15-,27-/m1/s1. The Kier molecular flexibility index (Phi) is 6.91. The largest absolute Gasteiger partial charge is 0.497 e. The van der Waals surface area contributed by atoms with E-state index in [0.29, 0.717) is 4.90 Å². The zero-order chi connectivity index (χ0) is 20.0. The van der Waals surface area contributed by atoms with Crippen LogP contribution >= 0.6 is 0 Å². The van der Waals surface area contributed by atoms with E-state index in [1.165, 1.54) is 0 Å². The fourth-order valence-corrected chi connectivity index (χ4v) is 3.32. The van der Waals surface area contributed by atoms with E-state index in [-0.39, 0.29) is 11.9 Å². The number of methoxy groups -OCH3 is 1. The summed E-state index contributed by atoms with van der Waals surface area (Å²) in [6.45, 7) is 7.46. The lowest BCUT2D eigenvalue weighted by molar-refractivity contribution is -0.129. The molecule has 27 heavy (non-hydrogen) atoms. The van der Waals surface area contributed by atoms with Crippen LogP contribution < -0.4 is 10.1 Å². The van der Waals surface area contributed by atoms with Crippen molar-refractivity contribution < 1.29 is 13.7 Å². The van der Waals surface area contributed by atoms with Crippen LogP contribution in [0.2, 0.25) is 0 Å². The fourth-order valence-electron chi connectivity index (χ4n) is 2.34. The first kappa shape index (κ1) is 20.8. The second-order valence-corrected chi connectivity index (χ2v) is 8.39. The van der Waals surface area contributed by atoms with E-state index in [9.17, 15) is 9.00 Å². The number of rotatable bonds is 6. The maximum Gasteiger partial charge on any atom is 0.225 e. The van der Waals surface area contributed by atoms with Gasteiger partial charge in [-0.2, -0.15) is 4.40 Å². The molecule has 1 N–H and O–H groups in total. The maximum absolute atomic E-state index is 12.7. The van der Waals surface area contributed by atoms with Gasteiger partial charge in [-0.1, -0.05) is 39.0 Å². The normalized spacial score (nSPS) is 14.0. The molecule has 2 aromatic rings. The Hall–Kier alpha value is -2.47. The summed E-state index contributed by atoms with van der Waals surface area (Å²) in [5, 5.41) is 2.98. The maximum atomic E-state index is 12.7. The summed E-state index contributed by atoms with van der Waals surface area (Å²) in [7, 11) is 0.0336. The highest BCUT2D eigenvalue weighted by Crippen LogP contribution is 2.23. The number of carbonyl (C=O) groups is 1. The van der Waals surface area contributed by atoms with E-state index in [0.717, 1.165) is 16.9 Å². The Bertz CT molecular complexity index is 839. The van der Waals surface area contributed by atoms with Crippen LogP contribution in [0, 0.1) is 5.41 Å². The summed E-state index contributed by atoms with van der Waals surface area (Å²) in [4.78, 5) is 12.9. The van der Waals surface area contributed by atoms with Crippen molar-refractivity contribution in [3.8, 4) is 5.75 Å². The summed E-state index contributed by atoms with van der Waals surface area (Å²) >= 11 is 0. The van der Waals surface area contributed by atoms with Crippen LogP contribution in [0.3, 0.4) is 0 Å². The zero-order valence-corrected chi connectivity index (χ0v) is 17.2. The number of nitrogens with zero attached hydrogens (tertiary/aromatic N) is 1. The van der Waals surface area contributed by atoms with Crippen molar-refractivity contribution in [2.75, 3.05) is 7.11 Å². The molecule has 0 saturated carbocycles. The lowest BCUT2D eigenvalue weighted by Crippen LogP contribution is -2.36. The average molecular weight is 387 g/mol. The number of hydrogen-bond acceptors (Lipinski definition) is 3. The van der Waals surface area contributed by atoms with Gasteiger partial charge in [0, 0.05) is 11.6 Å². The van der Waals surface area contributed by atoms with Crippen LogP contribution in [0.5, 0.6) is 5.75 Å². The van der Waals surface area contributed by atoms with Crippen LogP contribution in [0.1, 0.15) is 44.9 Å². The van der Waals surface area contributed by atoms with E-state index in [4.69, 9.17) is 4.74 Å². The van der Waals surface area contributed by atoms with Gasteiger partial charge < -0.3 is 10.1 Å². The Balaban J connectivity index is 2.19. The van der Waals surface area contributed by atoms with Crippen LogP contribution in [0.25, 0.3) is 0 Å². The molecule has 0 aliphatic heterocycles. The van der Waals surface area contributed by atoms with Crippen molar-refractivity contribution >= 4 is 23.1 Å².